The Morgan fingerprint density at radius 1 is 0.947 bits per heavy atom. The summed E-state index contributed by atoms with van der Waals surface area (Å²) in [5.41, 5.74) is 1.97. The van der Waals surface area contributed by atoms with Crippen LogP contribution >= 0.6 is 11.6 Å². The molecule has 0 fully saturated rings. The van der Waals surface area contributed by atoms with Crippen LogP contribution in [-0.2, 0) is 26.0 Å². The van der Waals surface area contributed by atoms with E-state index in [2.05, 4.69) is 5.32 Å². The molecule has 1 N–H and O–H groups in total. The normalized spacial score (nSPS) is 12.0. The fourth-order valence-electron chi connectivity index (χ4n) is 4.32. The van der Waals surface area contributed by atoms with Crippen molar-refractivity contribution < 1.29 is 18.0 Å². The first-order valence-electron chi connectivity index (χ1n) is 12.6. The number of likely N-dealkylation sites (N-methyl/N-ethyl adjacent to an activating group) is 1. The van der Waals surface area contributed by atoms with Gasteiger partial charge in [-0.15, -0.1) is 0 Å². The zero-order valence-electron chi connectivity index (χ0n) is 21.9. The fraction of sp³-hybridized carbons (Fsp3) is 0.310. The van der Waals surface area contributed by atoms with Crippen molar-refractivity contribution in [3.05, 3.63) is 95.0 Å². The standard InChI is InChI=1S/C29H34ClN3O4S/c1-4-26(29(35)31-5-2)32(19-18-23-12-8-6-9-13-23)28(34)21-33(27-17-16-24(30)20-22(27)3)38(36,37)25-14-10-7-11-15-25/h6-17,20,26H,4-5,18-19,21H2,1-3H3,(H,31,35). The number of hydrogen-bond donors (Lipinski definition) is 1. The lowest BCUT2D eigenvalue weighted by Gasteiger charge is -2.33. The molecule has 9 heteroatoms. The van der Waals surface area contributed by atoms with Crippen LogP contribution in [0.2, 0.25) is 5.02 Å². The molecule has 202 valence electrons. The summed E-state index contributed by atoms with van der Waals surface area (Å²) in [7, 11) is -4.11. The molecule has 3 aromatic rings. The van der Waals surface area contributed by atoms with Crippen molar-refractivity contribution in [3.8, 4) is 0 Å². The number of carbonyl (C=O) groups excluding carboxylic acids is 2. The molecule has 0 aliphatic rings. The van der Waals surface area contributed by atoms with Crippen molar-refractivity contribution >= 4 is 39.1 Å². The highest BCUT2D eigenvalue weighted by atomic mass is 35.5. The van der Waals surface area contributed by atoms with Crippen molar-refractivity contribution in [2.45, 2.75) is 44.6 Å². The van der Waals surface area contributed by atoms with E-state index < -0.39 is 28.5 Å². The molecule has 0 aliphatic carbocycles. The lowest BCUT2D eigenvalue weighted by Crippen LogP contribution is -2.53. The van der Waals surface area contributed by atoms with Crippen molar-refractivity contribution in [3.63, 3.8) is 0 Å². The van der Waals surface area contributed by atoms with E-state index in [1.165, 1.54) is 17.0 Å². The zero-order chi connectivity index (χ0) is 27.7. The number of amides is 2. The Labute approximate surface area is 230 Å². The first kappa shape index (κ1) is 29.2. The topological polar surface area (TPSA) is 86.8 Å². The predicted molar refractivity (Wildman–Crippen MR) is 152 cm³/mol. The largest absolute Gasteiger partial charge is 0.355 e. The van der Waals surface area contributed by atoms with Gasteiger partial charge in [-0.3, -0.25) is 13.9 Å². The van der Waals surface area contributed by atoms with Crippen molar-refractivity contribution in [2.75, 3.05) is 23.9 Å². The third-order valence-corrected chi connectivity index (χ3v) is 8.27. The molecule has 2 amide bonds. The molecule has 7 nitrogen and oxygen atoms in total. The Kier molecular flexibility index (Phi) is 10.3. The van der Waals surface area contributed by atoms with Gasteiger partial charge in [0.1, 0.15) is 12.6 Å². The monoisotopic (exact) mass is 555 g/mol. The van der Waals surface area contributed by atoms with E-state index in [1.54, 1.807) is 43.3 Å². The van der Waals surface area contributed by atoms with E-state index >= 15 is 0 Å². The summed E-state index contributed by atoms with van der Waals surface area (Å²) in [6.45, 7) is 5.62. The highest BCUT2D eigenvalue weighted by Gasteiger charge is 2.33. The molecule has 0 radical (unpaired) electrons. The Balaban J connectivity index is 2.02. The maximum atomic E-state index is 13.9. The van der Waals surface area contributed by atoms with Crippen LogP contribution in [0.3, 0.4) is 0 Å². The number of nitrogens with zero attached hydrogens (tertiary/aromatic N) is 2. The second-order valence-corrected chi connectivity index (χ2v) is 11.2. The van der Waals surface area contributed by atoms with Gasteiger partial charge in [-0.2, -0.15) is 0 Å². The van der Waals surface area contributed by atoms with Crippen LogP contribution < -0.4 is 9.62 Å². The smallest absolute Gasteiger partial charge is 0.264 e. The number of halogens is 1. The number of nitrogens with one attached hydrogen (secondary N) is 1. The highest BCUT2D eigenvalue weighted by molar-refractivity contribution is 7.92. The van der Waals surface area contributed by atoms with E-state index in [1.807, 2.05) is 44.2 Å². The lowest BCUT2D eigenvalue weighted by molar-refractivity contribution is -0.139. The van der Waals surface area contributed by atoms with Crippen molar-refractivity contribution in [1.29, 1.82) is 0 Å². The van der Waals surface area contributed by atoms with Gasteiger partial charge in [-0.1, -0.05) is 67.1 Å². The van der Waals surface area contributed by atoms with Gasteiger partial charge in [-0.05, 0) is 68.1 Å². The number of anilines is 1. The average Bonchev–Trinajstić information content (AvgIpc) is 2.91. The summed E-state index contributed by atoms with van der Waals surface area (Å²) in [5, 5.41) is 3.27. The van der Waals surface area contributed by atoms with E-state index in [-0.39, 0.29) is 17.3 Å². The molecule has 0 heterocycles. The van der Waals surface area contributed by atoms with Crippen LogP contribution in [0, 0.1) is 6.92 Å². The second-order valence-electron chi connectivity index (χ2n) is 8.90. The first-order chi connectivity index (χ1) is 18.2. The molecular formula is C29H34ClN3O4S. The number of hydrogen-bond acceptors (Lipinski definition) is 4. The number of carbonyl (C=O) groups is 2. The van der Waals surface area contributed by atoms with Crippen LogP contribution in [0.25, 0.3) is 0 Å². The SMILES string of the molecule is CCNC(=O)C(CC)N(CCc1ccccc1)C(=O)CN(c1ccc(Cl)cc1C)S(=O)(=O)c1ccccc1. The van der Waals surface area contributed by atoms with E-state index in [0.29, 0.717) is 35.7 Å². The molecule has 3 rings (SSSR count). The van der Waals surface area contributed by atoms with Gasteiger partial charge in [0.15, 0.2) is 0 Å². The molecule has 1 unspecified atom stereocenters. The Morgan fingerprint density at radius 2 is 1.58 bits per heavy atom. The molecule has 1 atom stereocenters. The van der Waals surface area contributed by atoms with Crippen molar-refractivity contribution in [1.82, 2.24) is 10.2 Å². The minimum Gasteiger partial charge on any atom is -0.355 e. The molecule has 0 aliphatic heterocycles. The number of benzene rings is 3. The van der Waals surface area contributed by atoms with Gasteiger partial charge in [0.25, 0.3) is 10.0 Å². The Morgan fingerprint density at radius 3 is 2.16 bits per heavy atom. The van der Waals surface area contributed by atoms with Crippen LogP contribution in [0.5, 0.6) is 0 Å². The third kappa shape index (κ3) is 7.14. The maximum absolute atomic E-state index is 13.9. The van der Waals surface area contributed by atoms with Crippen LogP contribution in [0.4, 0.5) is 5.69 Å². The quantitative estimate of drug-likeness (QED) is 0.347. The average molecular weight is 556 g/mol. The molecule has 0 bridgehead atoms. The summed E-state index contributed by atoms with van der Waals surface area (Å²) >= 11 is 6.15. The summed E-state index contributed by atoms with van der Waals surface area (Å²) in [6.07, 6.45) is 0.908. The van der Waals surface area contributed by atoms with Gasteiger partial charge in [0.05, 0.1) is 10.6 Å². The zero-order valence-corrected chi connectivity index (χ0v) is 23.5. The van der Waals surface area contributed by atoms with Gasteiger partial charge < -0.3 is 10.2 Å². The highest BCUT2D eigenvalue weighted by Crippen LogP contribution is 2.29. The molecule has 38 heavy (non-hydrogen) atoms. The molecule has 0 saturated heterocycles. The van der Waals surface area contributed by atoms with Gasteiger partial charge in [0, 0.05) is 18.1 Å². The minimum absolute atomic E-state index is 0.0637. The molecular weight excluding hydrogens is 522 g/mol. The Bertz CT molecular complexity index is 1330. The fourth-order valence-corrected chi connectivity index (χ4v) is 6.05. The van der Waals surface area contributed by atoms with E-state index in [9.17, 15) is 18.0 Å². The molecule has 0 aromatic heterocycles. The Hall–Kier alpha value is -3.36. The van der Waals surface area contributed by atoms with Gasteiger partial charge in [-0.25, -0.2) is 8.42 Å². The van der Waals surface area contributed by atoms with Gasteiger partial charge in [0.2, 0.25) is 11.8 Å². The van der Waals surface area contributed by atoms with Crippen LogP contribution in [0.15, 0.2) is 83.8 Å². The molecule has 0 saturated carbocycles. The summed E-state index contributed by atoms with van der Waals surface area (Å²) in [4.78, 5) is 28.4. The maximum Gasteiger partial charge on any atom is 0.264 e. The predicted octanol–water partition coefficient (Wildman–Crippen LogP) is 4.83. The van der Waals surface area contributed by atoms with E-state index in [4.69, 9.17) is 11.6 Å². The van der Waals surface area contributed by atoms with Gasteiger partial charge >= 0.3 is 0 Å². The number of sulfonamides is 1. The number of rotatable bonds is 12. The minimum atomic E-state index is -4.11. The van der Waals surface area contributed by atoms with Crippen molar-refractivity contribution in [2.24, 2.45) is 0 Å². The molecule has 0 spiro atoms. The summed E-state index contributed by atoms with van der Waals surface area (Å²) in [6, 6.07) is 21.8. The summed E-state index contributed by atoms with van der Waals surface area (Å²) < 4.78 is 28.8. The van der Waals surface area contributed by atoms with E-state index in [0.717, 1.165) is 9.87 Å². The van der Waals surface area contributed by atoms with Crippen LogP contribution in [-0.4, -0.2) is 50.8 Å². The first-order valence-corrected chi connectivity index (χ1v) is 14.5. The lowest BCUT2D eigenvalue weighted by atomic mass is 10.1. The second kappa shape index (κ2) is 13.4. The third-order valence-electron chi connectivity index (χ3n) is 6.26. The molecule has 3 aromatic carbocycles. The summed E-state index contributed by atoms with van der Waals surface area (Å²) in [5.74, 6) is -0.732. The number of aryl methyl sites for hydroxylation is 1. The van der Waals surface area contributed by atoms with Crippen LogP contribution in [0.1, 0.15) is 31.4 Å².